The lowest BCUT2D eigenvalue weighted by molar-refractivity contribution is 0.0515. The molecular formula is C14H18ClN3O4. The monoisotopic (exact) mass is 327 g/mol. The van der Waals surface area contributed by atoms with Crippen LogP contribution in [0.15, 0.2) is 29.0 Å². The number of amides is 1. The van der Waals surface area contributed by atoms with Gasteiger partial charge in [-0.3, -0.25) is 4.79 Å². The van der Waals surface area contributed by atoms with Gasteiger partial charge in [0.05, 0.1) is 24.4 Å². The summed E-state index contributed by atoms with van der Waals surface area (Å²) < 4.78 is 11.6. The van der Waals surface area contributed by atoms with Crippen molar-refractivity contribution in [1.29, 1.82) is 0 Å². The standard InChI is InChI=1S/C14H17N3O4.ClH/c1-3-20-14(19)12-5-10(7-17(12)2)16-13(18)9-4-11(6-15)21-8-9;/h4-5,7-8H,3,6,15H2,1-2H3,(H,16,18);1H. The molecule has 3 N–H and O–H groups in total. The van der Waals surface area contributed by atoms with Crippen LogP contribution in [-0.4, -0.2) is 23.1 Å². The number of anilines is 1. The first-order chi connectivity index (χ1) is 10.0. The molecule has 0 unspecified atom stereocenters. The lowest BCUT2D eigenvalue weighted by atomic mass is 10.3. The summed E-state index contributed by atoms with van der Waals surface area (Å²) in [4.78, 5) is 23.7. The molecule has 2 heterocycles. The predicted octanol–water partition coefficient (Wildman–Crippen LogP) is 1.93. The van der Waals surface area contributed by atoms with Gasteiger partial charge >= 0.3 is 5.97 Å². The number of nitrogens with two attached hydrogens (primary N) is 1. The van der Waals surface area contributed by atoms with Gasteiger partial charge in [0.2, 0.25) is 0 Å². The Kier molecular flexibility index (Phi) is 6.21. The van der Waals surface area contributed by atoms with Crippen molar-refractivity contribution in [3.05, 3.63) is 41.6 Å². The fraction of sp³-hybridized carbons (Fsp3) is 0.286. The number of hydrogen-bond donors (Lipinski definition) is 2. The van der Waals surface area contributed by atoms with E-state index in [1.807, 2.05) is 0 Å². The lowest BCUT2D eigenvalue weighted by Crippen LogP contribution is -2.10. The van der Waals surface area contributed by atoms with Gasteiger partial charge in [0.1, 0.15) is 17.7 Å². The molecule has 0 saturated carbocycles. The number of nitrogens with one attached hydrogen (secondary N) is 1. The summed E-state index contributed by atoms with van der Waals surface area (Å²) in [5.74, 6) is -0.242. The van der Waals surface area contributed by atoms with Gasteiger partial charge < -0.3 is 24.8 Å². The number of nitrogens with zero attached hydrogens (tertiary/aromatic N) is 1. The molecule has 0 spiro atoms. The Labute approximate surface area is 133 Å². The molecular weight excluding hydrogens is 310 g/mol. The first-order valence-corrected chi connectivity index (χ1v) is 6.47. The Balaban J connectivity index is 0.00000242. The molecule has 7 nitrogen and oxygen atoms in total. The van der Waals surface area contributed by atoms with Crippen LogP contribution in [0.5, 0.6) is 0 Å². The molecule has 2 rings (SSSR count). The molecule has 0 saturated heterocycles. The van der Waals surface area contributed by atoms with Crippen LogP contribution >= 0.6 is 12.4 Å². The first kappa shape index (κ1) is 17.8. The zero-order chi connectivity index (χ0) is 15.4. The van der Waals surface area contributed by atoms with E-state index in [-0.39, 0.29) is 24.9 Å². The van der Waals surface area contributed by atoms with Gasteiger partial charge in [0.15, 0.2) is 0 Å². The van der Waals surface area contributed by atoms with E-state index in [9.17, 15) is 9.59 Å². The van der Waals surface area contributed by atoms with E-state index in [4.69, 9.17) is 14.9 Å². The highest BCUT2D eigenvalue weighted by Gasteiger charge is 2.15. The van der Waals surface area contributed by atoms with Crippen molar-refractivity contribution >= 4 is 30.0 Å². The maximum absolute atomic E-state index is 12.0. The lowest BCUT2D eigenvalue weighted by Gasteiger charge is -2.01. The van der Waals surface area contributed by atoms with Crippen molar-refractivity contribution in [3.63, 3.8) is 0 Å². The van der Waals surface area contributed by atoms with Gasteiger partial charge in [-0.15, -0.1) is 12.4 Å². The highest BCUT2D eigenvalue weighted by molar-refractivity contribution is 6.04. The van der Waals surface area contributed by atoms with E-state index < -0.39 is 5.97 Å². The van der Waals surface area contributed by atoms with Crippen molar-refractivity contribution in [2.75, 3.05) is 11.9 Å². The number of aromatic nitrogens is 1. The molecule has 1 amide bonds. The van der Waals surface area contributed by atoms with Crippen LogP contribution in [-0.2, 0) is 18.3 Å². The maximum Gasteiger partial charge on any atom is 0.355 e. The van der Waals surface area contributed by atoms with Gasteiger partial charge in [-0.2, -0.15) is 0 Å². The van der Waals surface area contributed by atoms with E-state index in [1.54, 1.807) is 36.9 Å². The van der Waals surface area contributed by atoms with Gasteiger partial charge in [-0.1, -0.05) is 0 Å². The van der Waals surface area contributed by atoms with E-state index >= 15 is 0 Å². The van der Waals surface area contributed by atoms with Crippen molar-refractivity contribution < 1.29 is 18.7 Å². The topological polar surface area (TPSA) is 99.5 Å². The number of furan rings is 1. The summed E-state index contributed by atoms with van der Waals surface area (Å²) in [7, 11) is 1.70. The fourth-order valence-corrected chi connectivity index (χ4v) is 1.85. The zero-order valence-electron chi connectivity index (χ0n) is 12.3. The fourth-order valence-electron chi connectivity index (χ4n) is 1.85. The Bertz CT molecular complexity index is 663. The van der Waals surface area contributed by atoms with Gasteiger partial charge in [-0.05, 0) is 19.1 Å². The minimum absolute atomic E-state index is 0. The van der Waals surface area contributed by atoms with Crippen molar-refractivity contribution in [2.24, 2.45) is 12.8 Å². The van der Waals surface area contributed by atoms with Gasteiger partial charge in [0, 0.05) is 13.2 Å². The van der Waals surface area contributed by atoms with Crippen molar-refractivity contribution in [3.8, 4) is 0 Å². The zero-order valence-corrected chi connectivity index (χ0v) is 13.1. The Morgan fingerprint density at radius 3 is 2.73 bits per heavy atom. The molecule has 0 aliphatic rings. The van der Waals surface area contributed by atoms with Crippen molar-refractivity contribution in [2.45, 2.75) is 13.5 Å². The highest BCUT2D eigenvalue weighted by Crippen LogP contribution is 2.16. The van der Waals surface area contributed by atoms with Crippen LogP contribution in [0.3, 0.4) is 0 Å². The highest BCUT2D eigenvalue weighted by atomic mass is 35.5. The van der Waals surface area contributed by atoms with E-state index in [1.165, 1.54) is 6.26 Å². The first-order valence-electron chi connectivity index (χ1n) is 6.47. The summed E-state index contributed by atoms with van der Waals surface area (Å²) in [5, 5.41) is 2.69. The molecule has 8 heteroatoms. The molecule has 0 aliphatic carbocycles. The van der Waals surface area contributed by atoms with Crippen LogP contribution < -0.4 is 11.1 Å². The molecule has 2 aromatic rings. The second kappa shape index (κ2) is 7.67. The molecule has 0 aliphatic heterocycles. The van der Waals surface area contributed by atoms with Gasteiger partial charge in [-0.25, -0.2) is 4.79 Å². The average Bonchev–Trinajstić information content (AvgIpc) is 3.05. The van der Waals surface area contributed by atoms with Crippen LogP contribution in [0.1, 0.15) is 33.5 Å². The quantitative estimate of drug-likeness (QED) is 0.817. The summed E-state index contributed by atoms with van der Waals surface area (Å²) in [6.07, 6.45) is 2.97. The summed E-state index contributed by atoms with van der Waals surface area (Å²) >= 11 is 0. The minimum Gasteiger partial charge on any atom is -0.467 e. The molecule has 22 heavy (non-hydrogen) atoms. The molecule has 120 valence electrons. The van der Waals surface area contributed by atoms with Crippen molar-refractivity contribution in [1.82, 2.24) is 4.57 Å². The number of halogens is 1. The minimum atomic E-state index is -0.436. The summed E-state index contributed by atoms with van der Waals surface area (Å²) in [6, 6.07) is 3.13. The second-order valence-electron chi connectivity index (χ2n) is 4.41. The van der Waals surface area contributed by atoms with Crippen LogP contribution in [0.2, 0.25) is 0 Å². The number of esters is 1. The molecule has 0 aromatic carbocycles. The summed E-state index contributed by atoms with van der Waals surface area (Å²) in [5.41, 5.74) is 6.66. The summed E-state index contributed by atoms with van der Waals surface area (Å²) in [6.45, 7) is 2.26. The molecule has 0 atom stereocenters. The van der Waals surface area contributed by atoms with E-state index in [2.05, 4.69) is 5.32 Å². The van der Waals surface area contributed by atoms with E-state index in [0.29, 0.717) is 29.3 Å². The molecule has 0 fully saturated rings. The average molecular weight is 328 g/mol. The van der Waals surface area contributed by atoms with Crippen LogP contribution in [0, 0.1) is 0 Å². The largest absolute Gasteiger partial charge is 0.467 e. The second-order valence-corrected chi connectivity index (χ2v) is 4.41. The number of carbonyl (C=O) groups excluding carboxylic acids is 2. The predicted molar refractivity (Wildman–Crippen MR) is 83.2 cm³/mol. The Morgan fingerprint density at radius 2 is 2.14 bits per heavy atom. The number of rotatable bonds is 5. The Hall–Kier alpha value is -2.25. The molecule has 0 radical (unpaired) electrons. The number of carbonyl (C=O) groups is 2. The van der Waals surface area contributed by atoms with Crippen LogP contribution in [0.4, 0.5) is 5.69 Å². The maximum atomic E-state index is 12.0. The van der Waals surface area contributed by atoms with Gasteiger partial charge in [0.25, 0.3) is 5.91 Å². The third-order valence-corrected chi connectivity index (χ3v) is 2.86. The normalized spacial score (nSPS) is 9.95. The third kappa shape index (κ3) is 3.90. The number of ether oxygens (including phenoxy) is 1. The number of hydrogen-bond acceptors (Lipinski definition) is 5. The van der Waals surface area contributed by atoms with Crippen LogP contribution in [0.25, 0.3) is 0 Å². The van der Waals surface area contributed by atoms with E-state index in [0.717, 1.165) is 0 Å². The smallest absolute Gasteiger partial charge is 0.355 e. The third-order valence-electron chi connectivity index (χ3n) is 2.86. The number of aryl methyl sites for hydroxylation is 1. The Morgan fingerprint density at radius 1 is 1.41 bits per heavy atom. The SMILES string of the molecule is CCOC(=O)c1cc(NC(=O)c2coc(CN)c2)cn1C.Cl. The molecule has 2 aromatic heterocycles. The molecule has 0 bridgehead atoms.